The highest BCUT2D eigenvalue weighted by molar-refractivity contribution is 5.74. The molecule has 2 amide bonds. The summed E-state index contributed by atoms with van der Waals surface area (Å²) < 4.78 is 0. The molecule has 0 aliphatic heterocycles. The Kier molecular flexibility index (Phi) is 3.57. The van der Waals surface area contributed by atoms with Gasteiger partial charge in [0.15, 0.2) is 0 Å². The van der Waals surface area contributed by atoms with Crippen LogP contribution in [0.2, 0.25) is 0 Å². The first kappa shape index (κ1) is 12.9. The van der Waals surface area contributed by atoms with Gasteiger partial charge in [0.25, 0.3) is 0 Å². The number of carbonyl (C=O) groups excluding carboxylic acids is 1. The summed E-state index contributed by atoms with van der Waals surface area (Å²) in [5.74, 6) is 0. The Morgan fingerprint density at radius 1 is 1.39 bits per heavy atom. The van der Waals surface area contributed by atoms with Gasteiger partial charge in [-0.15, -0.1) is 0 Å². The normalized spacial score (nSPS) is 25.1. The van der Waals surface area contributed by atoms with Gasteiger partial charge in [-0.2, -0.15) is 0 Å². The molecular weight excluding hydrogens is 226 g/mol. The second-order valence-corrected chi connectivity index (χ2v) is 5.53. The van der Waals surface area contributed by atoms with Gasteiger partial charge in [-0.05, 0) is 12.0 Å². The van der Waals surface area contributed by atoms with Crippen LogP contribution in [0.4, 0.5) is 4.79 Å². The number of carbonyl (C=O) groups is 1. The molecule has 0 saturated heterocycles. The molecule has 0 radical (unpaired) electrons. The highest BCUT2D eigenvalue weighted by Gasteiger charge is 2.46. The SMILES string of the molecule is CC1(C)C(N)CC1NC(=O)NCc1ccccc1. The van der Waals surface area contributed by atoms with Crippen LogP contribution < -0.4 is 16.4 Å². The van der Waals surface area contributed by atoms with Gasteiger partial charge in [-0.25, -0.2) is 4.79 Å². The van der Waals surface area contributed by atoms with Crippen molar-refractivity contribution in [2.75, 3.05) is 0 Å². The molecule has 4 nitrogen and oxygen atoms in total. The van der Waals surface area contributed by atoms with Crippen LogP contribution in [0, 0.1) is 5.41 Å². The maximum absolute atomic E-state index is 11.8. The fraction of sp³-hybridized carbons (Fsp3) is 0.500. The molecule has 0 aromatic heterocycles. The van der Waals surface area contributed by atoms with Gasteiger partial charge < -0.3 is 16.4 Å². The van der Waals surface area contributed by atoms with Gasteiger partial charge in [-0.1, -0.05) is 44.2 Å². The minimum atomic E-state index is -0.121. The molecule has 1 aliphatic rings. The Hall–Kier alpha value is -1.55. The van der Waals surface area contributed by atoms with E-state index >= 15 is 0 Å². The number of nitrogens with one attached hydrogen (secondary N) is 2. The molecule has 1 aromatic rings. The van der Waals surface area contributed by atoms with E-state index in [1.165, 1.54) is 0 Å². The fourth-order valence-electron chi connectivity index (χ4n) is 2.19. The first-order valence-corrected chi connectivity index (χ1v) is 6.34. The quantitative estimate of drug-likeness (QED) is 0.759. The van der Waals surface area contributed by atoms with Crippen molar-refractivity contribution in [1.82, 2.24) is 10.6 Å². The molecule has 1 fully saturated rings. The largest absolute Gasteiger partial charge is 0.335 e. The van der Waals surface area contributed by atoms with Gasteiger partial charge in [0.2, 0.25) is 0 Å². The van der Waals surface area contributed by atoms with Gasteiger partial charge in [0.05, 0.1) is 0 Å². The van der Waals surface area contributed by atoms with E-state index in [2.05, 4.69) is 24.5 Å². The predicted molar refractivity (Wildman–Crippen MR) is 72.0 cm³/mol. The molecule has 0 bridgehead atoms. The van der Waals surface area contributed by atoms with Crippen molar-refractivity contribution < 1.29 is 4.79 Å². The van der Waals surface area contributed by atoms with E-state index in [0.29, 0.717) is 6.54 Å². The zero-order valence-electron chi connectivity index (χ0n) is 10.9. The van der Waals surface area contributed by atoms with E-state index in [1.807, 2.05) is 30.3 Å². The Labute approximate surface area is 108 Å². The zero-order chi connectivity index (χ0) is 13.2. The number of hydrogen-bond donors (Lipinski definition) is 3. The smallest absolute Gasteiger partial charge is 0.315 e. The van der Waals surface area contributed by atoms with Crippen LogP contribution in [0.1, 0.15) is 25.8 Å². The minimum Gasteiger partial charge on any atom is -0.335 e. The molecule has 2 atom stereocenters. The highest BCUT2D eigenvalue weighted by Crippen LogP contribution is 2.38. The molecule has 0 heterocycles. The van der Waals surface area contributed by atoms with Gasteiger partial charge >= 0.3 is 6.03 Å². The van der Waals surface area contributed by atoms with Crippen LogP contribution in [0.3, 0.4) is 0 Å². The number of amides is 2. The Balaban J connectivity index is 1.77. The average Bonchev–Trinajstić information content (AvgIpc) is 2.37. The fourth-order valence-corrected chi connectivity index (χ4v) is 2.19. The van der Waals surface area contributed by atoms with Crippen LogP contribution in [0.5, 0.6) is 0 Å². The summed E-state index contributed by atoms with van der Waals surface area (Å²) >= 11 is 0. The van der Waals surface area contributed by atoms with Gasteiger partial charge in [0, 0.05) is 24.0 Å². The third-order valence-electron chi connectivity index (χ3n) is 3.94. The Morgan fingerprint density at radius 2 is 2.06 bits per heavy atom. The van der Waals surface area contributed by atoms with E-state index < -0.39 is 0 Å². The Morgan fingerprint density at radius 3 is 2.61 bits per heavy atom. The lowest BCUT2D eigenvalue weighted by Crippen LogP contribution is -2.65. The summed E-state index contributed by atoms with van der Waals surface area (Å²) in [6.45, 7) is 4.72. The molecule has 18 heavy (non-hydrogen) atoms. The van der Waals surface area contributed by atoms with E-state index in [9.17, 15) is 4.79 Å². The number of hydrogen-bond acceptors (Lipinski definition) is 2. The van der Waals surface area contributed by atoms with Crippen molar-refractivity contribution in [3.63, 3.8) is 0 Å². The summed E-state index contributed by atoms with van der Waals surface area (Å²) in [6, 6.07) is 10.1. The molecule has 1 aromatic carbocycles. The lowest BCUT2D eigenvalue weighted by atomic mass is 9.63. The lowest BCUT2D eigenvalue weighted by Gasteiger charge is -2.50. The second kappa shape index (κ2) is 4.98. The van der Waals surface area contributed by atoms with Crippen LogP contribution in [-0.2, 0) is 6.54 Å². The van der Waals surface area contributed by atoms with Gasteiger partial charge in [0.1, 0.15) is 0 Å². The van der Waals surface area contributed by atoms with Crippen LogP contribution in [0.25, 0.3) is 0 Å². The first-order valence-electron chi connectivity index (χ1n) is 6.34. The molecule has 1 saturated carbocycles. The molecular formula is C14H21N3O. The highest BCUT2D eigenvalue weighted by atomic mass is 16.2. The van der Waals surface area contributed by atoms with Crippen LogP contribution >= 0.6 is 0 Å². The summed E-state index contributed by atoms with van der Waals surface area (Å²) in [5, 5.41) is 5.84. The topological polar surface area (TPSA) is 67.1 Å². The van der Waals surface area contributed by atoms with Crippen molar-refractivity contribution in [1.29, 1.82) is 0 Å². The summed E-state index contributed by atoms with van der Waals surface area (Å²) in [4.78, 5) is 11.8. The third kappa shape index (κ3) is 2.64. The van der Waals surface area contributed by atoms with Crippen molar-refractivity contribution >= 4 is 6.03 Å². The summed E-state index contributed by atoms with van der Waals surface area (Å²) in [7, 11) is 0. The zero-order valence-corrected chi connectivity index (χ0v) is 10.9. The van der Waals surface area contributed by atoms with Gasteiger partial charge in [-0.3, -0.25) is 0 Å². The molecule has 2 unspecified atom stereocenters. The minimum absolute atomic E-state index is 0.00983. The van der Waals surface area contributed by atoms with E-state index in [0.717, 1.165) is 12.0 Å². The Bertz CT molecular complexity index is 416. The standard InChI is InChI=1S/C14H21N3O/c1-14(2)11(15)8-12(14)17-13(18)16-9-10-6-4-3-5-7-10/h3-7,11-12H,8-9,15H2,1-2H3,(H2,16,17,18). The van der Waals surface area contributed by atoms with Crippen molar-refractivity contribution in [3.05, 3.63) is 35.9 Å². The maximum Gasteiger partial charge on any atom is 0.315 e. The average molecular weight is 247 g/mol. The summed E-state index contributed by atoms with van der Waals surface area (Å²) in [5.41, 5.74) is 7.00. The number of nitrogens with two attached hydrogens (primary N) is 1. The number of urea groups is 1. The van der Waals surface area contributed by atoms with Crippen molar-refractivity contribution in [3.8, 4) is 0 Å². The molecule has 2 rings (SSSR count). The van der Waals surface area contributed by atoms with E-state index in [-0.39, 0.29) is 23.5 Å². The monoisotopic (exact) mass is 247 g/mol. The van der Waals surface area contributed by atoms with E-state index in [1.54, 1.807) is 0 Å². The van der Waals surface area contributed by atoms with Crippen molar-refractivity contribution in [2.24, 2.45) is 11.1 Å². The van der Waals surface area contributed by atoms with E-state index in [4.69, 9.17) is 5.73 Å². The van der Waals surface area contributed by atoms with Crippen LogP contribution in [0.15, 0.2) is 30.3 Å². The summed E-state index contributed by atoms with van der Waals surface area (Å²) in [6.07, 6.45) is 0.853. The molecule has 98 valence electrons. The maximum atomic E-state index is 11.8. The molecule has 1 aliphatic carbocycles. The molecule has 0 spiro atoms. The second-order valence-electron chi connectivity index (χ2n) is 5.53. The first-order chi connectivity index (χ1) is 8.50. The predicted octanol–water partition coefficient (Wildman–Crippen LogP) is 1.61. The molecule has 4 heteroatoms. The lowest BCUT2D eigenvalue weighted by molar-refractivity contribution is 0.0797. The number of rotatable bonds is 3. The third-order valence-corrected chi connectivity index (χ3v) is 3.94. The number of benzene rings is 1. The van der Waals surface area contributed by atoms with Crippen molar-refractivity contribution in [2.45, 2.75) is 38.9 Å². The molecule has 4 N–H and O–H groups in total. The van der Waals surface area contributed by atoms with Crippen LogP contribution in [-0.4, -0.2) is 18.1 Å².